The van der Waals surface area contributed by atoms with E-state index in [4.69, 9.17) is 0 Å². The van der Waals surface area contributed by atoms with E-state index in [0.717, 1.165) is 52.2 Å². The molecule has 1 saturated heterocycles. The number of likely N-dealkylation sites (tertiary alicyclic amines) is 1. The fourth-order valence-corrected chi connectivity index (χ4v) is 4.99. The number of benzene rings is 3. The van der Waals surface area contributed by atoms with Gasteiger partial charge in [-0.2, -0.15) is 0 Å². The quantitative estimate of drug-likeness (QED) is 0.339. The number of carbonyl (C=O) groups is 1. The minimum absolute atomic E-state index is 0.00993. The molecule has 34 heavy (non-hydrogen) atoms. The van der Waals surface area contributed by atoms with Crippen molar-refractivity contribution in [1.29, 1.82) is 0 Å². The lowest BCUT2D eigenvalue weighted by molar-refractivity contribution is 0.0938. The average molecular weight is 514 g/mol. The molecule has 1 aliphatic heterocycles. The summed E-state index contributed by atoms with van der Waals surface area (Å²) in [6.45, 7) is 4.05. The monoisotopic (exact) mass is 513 g/mol. The first-order valence-corrected chi connectivity index (χ1v) is 12.4. The Kier molecular flexibility index (Phi) is 6.40. The predicted molar refractivity (Wildman–Crippen MR) is 142 cm³/mol. The molecule has 1 aromatic heterocycles. The Morgan fingerprint density at radius 3 is 2.35 bits per heavy atom. The Bertz CT molecular complexity index is 1330. The van der Waals surface area contributed by atoms with Crippen LogP contribution in [0.2, 0.25) is 0 Å². The molecule has 0 radical (unpaired) electrons. The summed E-state index contributed by atoms with van der Waals surface area (Å²) in [6, 6.07) is 29.3. The molecule has 172 valence electrons. The van der Waals surface area contributed by atoms with Gasteiger partial charge in [-0.3, -0.25) is 4.79 Å². The Balaban J connectivity index is 1.56. The van der Waals surface area contributed by atoms with Crippen LogP contribution in [0.15, 0.2) is 89.4 Å². The molecule has 0 unspecified atom stereocenters. The van der Waals surface area contributed by atoms with Crippen molar-refractivity contribution < 1.29 is 4.79 Å². The van der Waals surface area contributed by atoms with Crippen LogP contribution in [0.4, 0.5) is 0 Å². The summed E-state index contributed by atoms with van der Waals surface area (Å²) in [4.78, 5) is 15.3. The second-order valence-electron chi connectivity index (χ2n) is 9.03. The van der Waals surface area contributed by atoms with Crippen molar-refractivity contribution in [3.63, 3.8) is 0 Å². The third-order valence-corrected chi connectivity index (χ3v) is 7.05. The molecule has 3 aromatic carbocycles. The lowest BCUT2D eigenvalue weighted by Crippen LogP contribution is -2.36. The lowest BCUT2D eigenvalue weighted by Gasteiger charge is -2.17. The minimum Gasteiger partial charge on any atom is -0.348 e. The zero-order valence-corrected chi connectivity index (χ0v) is 21.0. The van der Waals surface area contributed by atoms with E-state index in [0.29, 0.717) is 5.56 Å². The topological polar surface area (TPSA) is 37.3 Å². The van der Waals surface area contributed by atoms with Crippen LogP contribution in [0.25, 0.3) is 28.2 Å². The van der Waals surface area contributed by atoms with Gasteiger partial charge in [0.25, 0.3) is 5.91 Å². The Morgan fingerprint density at radius 2 is 1.65 bits per heavy atom. The van der Waals surface area contributed by atoms with E-state index in [1.54, 1.807) is 0 Å². The first-order valence-electron chi connectivity index (χ1n) is 11.6. The summed E-state index contributed by atoms with van der Waals surface area (Å²) in [5.74, 6) is -0.00993. The third kappa shape index (κ3) is 4.59. The van der Waals surface area contributed by atoms with Crippen LogP contribution >= 0.6 is 15.9 Å². The van der Waals surface area contributed by atoms with Crippen molar-refractivity contribution in [3.8, 4) is 28.2 Å². The van der Waals surface area contributed by atoms with E-state index in [9.17, 15) is 4.79 Å². The van der Waals surface area contributed by atoms with Crippen molar-refractivity contribution >= 4 is 21.8 Å². The summed E-state index contributed by atoms with van der Waals surface area (Å²) in [5, 5.41) is 3.20. The number of likely N-dealkylation sites (N-methyl/N-ethyl adjacent to an activating group) is 1. The van der Waals surface area contributed by atoms with Crippen molar-refractivity contribution in [1.82, 2.24) is 14.8 Å². The second kappa shape index (κ2) is 9.61. The van der Waals surface area contributed by atoms with Crippen molar-refractivity contribution in [2.75, 3.05) is 20.1 Å². The van der Waals surface area contributed by atoms with Gasteiger partial charge in [0.1, 0.15) is 0 Å². The molecule has 1 aliphatic rings. The lowest BCUT2D eigenvalue weighted by atomic mass is 10.1. The number of hydrogen-bond acceptors (Lipinski definition) is 2. The second-order valence-corrected chi connectivity index (χ2v) is 9.95. The van der Waals surface area contributed by atoms with Crippen LogP contribution in [0.1, 0.15) is 22.3 Å². The maximum atomic E-state index is 13.0. The third-order valence-electron chi connectivity index (χ3n) is 6.52. The van der Waals surface area contributed by atoms with Gasteiger partial charge >= 0.3 is 0 Å². The molecule has 0 aliphatic carbocycles. The largest absolute Gasteiger partial charge is 0.348 e. The molecule has 1 N–H and O–H groups in total. The zero-order valence-electron chi connectivity index (χ0n) is 19.5. The van der Waals surface area contributed by atoms with E-state index >= 15 is 0 Å². The van der Waals surface area contributed by atoms with Crippen LogP contribution in [0.3, 0.4) is 0 Å². The molecule has 0 bridgehead atoms. The van der Waals surface area contributed by atoms with Gasteiger partial charge in [-0.05, 0) is 86.1 Å². The molecular formula is C29H28BrN3O. The average Bonchev–Trinajstić information content (AvgIpc) is 3.46. The maximum absolute atomic E-state index is 13.0. The highest BCUT2D eigenvalue weighted by Gasteiger charge is 2.22. The number of rotatable bonds is 5. The number of aryl methyl sites for hydroxylation is 1. The summed E-state index contributed by atoms with van der Waals surface area (Å²) in [5.41, 5.74) is 7.33. The SMILES string of the molecule is Cc1ccccc1-n1c(-c2ccc(Br)cc2)ccc1-c1cccc(C(=O)N[C@@H]2CCN(C)C2)c1. The molecule has 2 heterocycles. The maximum Gasteiger partial charge on any atom is 0.251 e. The van der Waals surface area contributed by atoms with Crippen molar-refractivity contribution in [2.45, 2.75) is 19.4 Å². The first kappa shape index (κ1) is 22.6. The van der Waals surface area contributed by atoms with Crippen LogP contribution in [-0.2, 0) is 0 Å². The number of halogens is 1. The Labute approximate surface area is 209 Å². The van der Waals surface area contributed by atoms with Crippen LogP contribution < -0.4 is 5.32 Å². The zero-order chi connectivity index (χ0) is 23.7. The number of nitrogens with one attached hydrogen (secondary N) is 1. The molecular weight excluding hydrogens is 486 g/mol. The Morgan fingerprint density at radius 1 is 0.912 bits per heavy atom. The van der Waals surface area contributed by atoms with Gasteiger partial charge in [0.15, 0.2) is 0 Å². The molecule has 5 heteroatoms. The summed E-state index contributed by atoms with van der Waals surface area (Å²) in [6.07, 6.45) is 0.995. The highest BCUT2D eigenvalue weighted by atomic mass is 79.9. The number of hydrogen-bond donors (Lipinski definition) is 1. The first-order chi connectivity index (χ1) is 16.5. The molecule has 1 atom stereocenters. The summed E-state index contributed by atoms with van der Waals surface area (Å²) in [7, 11) is 2.09. The predicted octanol–water partition coefficient (Wildman–Crippen LogP) is 6.32. The highest BCUT2D eigenvalue weighted by Crippen LogP contribution is 2.34. The van der Waals surface area contributed by atoms with E-state index < -0.39 is 0 Å². The van der Waals surface area contributed by atoms with E-state index in [-0.39, 0.29) is 11.9 Å². The van der Waals surface area contributed by atoms with Gasteiger partial charge in [-0.25, -0.2) is 0 Å². The van der Waals surface area contributed by atoms with Gasteiger partial charge in [-0.15, -0.1) is 0 Å². The standard InChI is InChI=1S/C29H28BrN3O/c1-20-6-3-4-9-26(20)33-27(21-10-12-24(30)13-11-21)14-15-28(33)22-7-5-8-23(18-22)29(34)31-25-16-17-32(2)19-25/h3-15,18,25H,16-17,19H2,1-2H3,(H,31,34)/t25-/m1/s1. The summed E-state index contributed by atoms with van der Waals surface area (Å²) < 4.78 is 3.35. The number of para-hydroxylation sites is 1. The van der Waals surface area contributed by atoms with Crippen molar-refractivity contribution in [3.05, 3.63) is 101 Å². The fraction of sp³-hybridized carbons (Fsp3) is 0.207. The number of nitrogens with zero attached hydrogens (tertiary/aromatic N) is 2. The summed E-state index contributed by atoms with van der Waals surface area (Å²) >= 11 is 3.54. The van der Waals surface area contributed by atoms with E-state index in [1.807, 2.05) is 18.2 Å². The number of carbonyl (C=O) groups excluding carboxylic acids is 1. The number of amides is 1. The highest BCUT2D eigenvalue weighted by molar-refractivity contribution is 9.10. The van der Waals surface area contributed by atoms with Gasteiger partial charge in [-0.1, -0.05) is 58.4 Å². The van der Waals surface area contributed by atoms with Gasteiger partial charge in [0, 0.05) is 28.3 Å². The number of aromatic nitrogens is 1. The van der Waals surface area contributed by atoms with Crippen LogP contribution in [-0.4, -0.2) is 41.6 Å². The Hall–Kier alpha value is -3.15. The smallest absolute Gasteiger partial charge is 0.251 e. The molecule has 4 nitrogen and oxygen atoms in total. The van der Waals surface area contributed by atoms with E-state index in [1.165, 1.54) is 5.56 Å². The molecule has 5 rings (SSSR count). The van der Waals surface area contributed by atoms with Gasteiger partial charge < -0.3 is 14.8 Å². The van der Waals surface area contributed by atoms with Gasteiger partial charge in [0.2, 0.25) is 0 Å². The molecule has 4 aromatic rings. The molecule has 0 saturated carbocycles. The normalized spacial score (nSPS) is 16.0. The van der Waals surface area contributed by atoms with Crippen LogP contribution in [0.5, 0.6) is 0 Å². The molecule has 0 spiro atoms. The minimum atomic E-state index is -0.00993. The van der Waals surface area contributed by atoms with E-state index in [2.05, 4.69) is 111 Å². The molecule has 1 fully saturated rings. The molecule has 1 amide bonds. The van der Waals surface area contributed by atoms with Crippen molar-refractivity contribution in [2.24, 2.45) is 0 Å². The van der Waals surface area contributed by atoms with Gasteiger partial charge in [0.05, 0.1) is 11.4 Å². The fourth-order valence-electron chi connectivity index (χ4n) is 4.72. The van der Waals surface area contributed by atoms with Crippen LogP contribution in [0, 0.1) is 6.92 Å².